The number of hydrogen-bond acceptors (Lipinski definition) is 2. The van der Waals surface area contributed by atoms with Crippen LogP contribution in [0.3, 0.4) is 0 Å². The third kappa shape index (κ3) is 2.28. The summed E-state index contributed by atoms with van der Waals surface area (Å²) in [5.41, 5.74) is 8.06. The van der Waals surface area contributed by atoms with Crippen molar-refractivity contribution in [1.82, 2.24) is 9.78 Å². The predicted molar refractivity (Wildman–Crippen MR) is 59.5 cm³/mol. The Balaban J connectivity index is 2.86. The van der Waals surface area contributed by atoms with Crippen LogP contribution < -0.4 is 5.73 Å². The lowest BCUT2D eigenvalue weighted by Crippen LogP contribution is -2.29. The molecule has 3 nitrogen and oxygen atoms in total. The number of nitrogens with two attached hydrogens (primary N) is 1. The molecular formula is C10H18ClN3. The number of aromatic nitrogens is 2. The second-order valence-corrected chi connectivity index (χ2v) is 4.45. The summed E-state index contributed by atoms with van der Waals surface area (Å²) in [4.78, 5) is 0. The monoisotopic (exact) mass is 215 g/mol. The van der Waals surface area contributed by atoms with Gasteiger partial charge in [-0.3, -0.25) is 4.68 Å². The van der Waals surface area contributed by atoms with Gasteiger partial charge in [-0.25, -0.2) is 0 Å². The van der Waals surface area contributed by atoms with Crippen LogP contribution in [0, 0.1) is 12.8 Å². The standard InChI is InChI=1S/C10H18ClN3/c1-6(2)9(12)5-8-7(3)13-14(4)10(8)11/h6,9H,5,12H2,1-4H3. The van der Waals surface area contributed by atoms with E-state index in [0.29, 0.717) is 11.1 Å². The highest BCUT2D eigenvalue weighted by Gasteiger charge is 2.16. The van der Waals surface area contributed by atoms with E-state index in [1.54, 1.807) is 4.68 Å². The lowest BCUT2D eigenvalue weighted by atomic mass is 9.98. The van der Waals surface area contributed by atoms with Gasteiger partial charge >= 0.3 is 0 Å². The molecule has 0 radical (unpaired) electrons. The van der Waals surface area contributed by atoms with Crippen LogP contribution in [-0.4, -0.2) is 15.8 Å². The Morgan fingerprint density at radius 1 is 1.50 bits per heavy atom. The van der Waals surface area contributed by atoms with Gasteiger partial charge < -0.3 is 5.73 Å². The van der Waals surface area contributed by atoms with Crippen LogP contribution in [0.25, 0.3) is 0 Å². The smallest absolute Gasteiger partial charge is 0.130 e. The molecule has 1 rings (SSSR count). The van der Waals surface area contributed by atoms with Crippen molar-refractivity contribution in [1.29, 1.82) is 0 Å². The van der Waals surface area contributed by atoms with Crippen LogP contribution in [-0.2, 0) is 13.5 Å². The maximum atomic E-state index is 6.11. The number of nitrogens with zero attached hydrogens (tertiary/aromatic N) is 2. The summed E-state index contributed by atoms with van der Waals surface area (Å²) < 4.78 is 1.69. The molecular weight excluding hydrogens is 198 g/mol. The second kappa shape index (κ2) is 4.32. The van der Waals surface area contributed by atoms with Gasteiger partial charge in [-0.2, -0.15) is 5.10 Å². The van der Waals surface area contributed by atoms with Gasteiger partial charge in [0.05, 0.1) is 5.69 Å². The summed E-state index contributed by atoms with van der Waals surface area (Å²) in [6, 6.07) is 0.149. The molecule has 0 aliphatic heterocycles. The first kappa shape index (κ1) is 11.5. The molecule has 1 heterocycles. The second-order valence-electron chi connectivity index (χ2n) is 4.09. The number of halogens is 1. The van der Waals surface area contributed by atoms with E-state index < -0.39 is 0 Å². The van der Waals surface area contributed by atoms with Gasteiger partial charge in [0.2, 0.25) is 0 Å². The molecule has 80 valence electrons. The van der Waals surface area contributed by atoms with E-state index in [-0.39, 0.29) is 6.04 Å². The minimum atomic E-state index is 0.149. The van der Waals surface area contributed by atoms with E-state index in [0.717, 1.165) is 17.7 Å². The summed E-state index contributed by atoms with van der Waals surface area (Å²) in [5, 5.41) is 4.96. The molecule has 2 N–H and O–H groups in total. The minimum Gasteiger partial charge on any atom is -0.327 e. The van der Waals surface area contributed by atoms with Gasteiger partial charge in [-0.1, -0.05) is 25.4 Å². The van der Waals surface area contributed by atoms with E-state index >= 15 is 0 Å². The third-order valence-corrected chi connectivity index (χ3v) is 3.04. The molecule has 0 saturated heterocycles. The first-order chi connectivity index (χ1) is 6.43. The fraction of sp³-hybridized carbons (Fsp3) is 0.700. The highest BCUT2D eigenvalue weighted by molar-refractivity contribution is 6.30. The zero-order valence-corrected chi connectivity index (χ0v) is 9.97. The van der Waals surface area contributed by atoms with Crippen molar-refractivity contribution in [3.63, 3.8) is 0 Å². The molecule has 1 aromatic heterocycles. The number of rotatable bonds is 3. The van der Waals surface area contributed by atoms with E-state index in [1.165, 1.54) is 0 Å². The average molecular weight is 216 g/mol. The van der Waals surface area contributed by atoms with Gasteiger partial charge in [-0.15, -0.1) is 0 Å². The number of hydrogen-bond donors (Lipinski definition) is 1. The number of aryl methyl sites for hydroxylation is 2. The van der Waals surface area contributed by atoms with Crippen LogP contribution in [0.5, 0.6) is 0 Å². The molecule has 14 heavy (non-hydrogen) atoms. The highest BCUT2D eigenvalue weighted by atomic mass is 35.5. The van der Waals surface area contributed by atoms with Crippen molar-refractivity contribution < 1.29 is 0 Å². The molecule has 1 aromatic rings. The van der Waals surface area contributed by atoms with Gasteiger partial charge in [-0.05, 0) is 19.3 Å². The Morgan fingerprint density at radius 2 is 2.07 bits per heavy atom. The topological polar surface area (TPSA) is 43.8 Å². The van der Waals surface area contributed by atoms with Crippen LogP contribution in [0.1, 0.15) is 25.1 Å². The summed E-state index contributed by atoms with van der Waals surface area (Å²) in [6.45, 7) is 6.20. The maximum Gasteiger partial charge on any atom is 0.130 e. The van der Waals surface area contributed by atoms with Crippen LogP contribution in [0.2, 0.25) is 5.15 Å². The lowest BCUT2D eigenvalue weighted by Gasteiger charge is -2.15. The van der Waals surface area contributed by atoms with Gasteiger partial charge in [0.1, 0.15) is 5.15 Å². The summed E-state index contributed by atoms with van der Waals surface area (Å²) in [7, 11) is 1.85. The first-order valence-electron chi connectivity index (χ1n) is 4.87. The van der Waals surface area contributed by atoms with Crippen LogP contribution in [0.15, 0.2) is 0 Å². The Bertz CT molecular complexity index is 317. The summed E-state index contributed by atoms with van der Waals surface area (Å²) in [6.07, 6.45) is 0.802. The lowest BCUT2D eigenvalue weighted by molar-refractivity contribution is 0.490. The van der Waals surface area contributed by atoms with Gasteiger partial charge in [0.15, 0.2) is 0 Å². The van der Waals surface area contributed by atoms with E-state index in [1.807, 2.05) is 14.0 Å². The Morgan fingerprint density at radius 3 is 2.43 bits per heavy atom. The fourth-order valence-corrected chi connectivity index (χ4v) is 1.63. The van der Waals surface area contributed by atoms with Crippen molar-refractivity contribution in [2.45, 2.75) is 33.2 Å². The molecule has 0 bridgehead atoms. The molecule has 1 atom stereocenters. The van der Waals surface area contributed by atoms with Gasteiger partial charge in [0.25, 0.3) is 0 Å². The van der Waals surface area contributed by atoms with Crippen LogP contribution in [0.4, 0.5) is 0 Å². The molecule has 0 aromatic carbocycles. The molecule has 0 amide bonds. The third-order valence-electron chi connectivity index (χ3n) is 2.57. The summed E-state index contributed by atoms with van der Waals surface area (Å²) in [5.74, 6) is 0.464. The first-order valence-corrected chi connectivity index (χ1v) is 5.24. The fourth-order valence-electron chi connectivity index (χ4n) is 1.38. The largest absolute Gasteiger partial charge is 0.327 e. The van der Waals surface area contributed by atoms with Crippen LogP contribution >= 0.6 is 11.6 Å². The normalized spacial score (nSPS) is 13.6. The average Bonchev–Trinajstić information content (AvgIpc) is 2.32. The molecule has 0 spiro atoms. The van der Waals surface area contributed by atoms with Crippen molar-refractivity contribution in [2.75, 3.05) is 0 Å². The Labute approximate surface area is 90.2 Å². The Kier molecular flexibility index (Phi) is 3.56. The van der Waals surface area contributed by atoms with Crippen molar-refractivity contribution in [2.24, 2.45) is 18.7 Å². The van der Waals surface area contributed by atoms with Gasteiger partial charge in [0, 0.05) is 18.7 Å². The molecule has 1 unspecified atom stereocenters. The maximum absolute atomic E-state index is 6.11. The zero-order valence-electron chi connectivity index (χ0n) is 9.21. The van der Waals surface area contributed by atoms with E-state index in [4.69, 9.17) is 17.3 Å². The van der Waals surface area contributed by atoms with E-state index in [2.05, 4.69) is 18.9 Å². The molecule has 0 fully saturated rings. The van der Waals surface area contributed by atoms with Crippen molar-refractivity contribution in [3.8, 4) is 0 Å². The van der Waals surface area contributed by atoms with E-state index in [9.17, 15) is 0 Å². The SMILES string of the molecule is Cc1nn(C)c(Cl)c1CC(N)C(C)C. The summed E-state index contributed by atoms with van der Waals surface area (Å²) >= 11 is 6.11. The molecule has 0 aliphatic carbocycles. The molecule has 0 aliphatic rings. The zero-order chi connectivity index (χ0) is 10.9. The van der Waals surface area contributed by atoms with Crippen molar-refractivity contribution in [3.05, 3.63) is 16.4 Å². The minimum absolute atomic E-state index is 0.149. The Hall–Kier alpha value is -0.540. The predicted octanol–water partition coefficient (Wildman–Crippen LogP) is 1.91. The molecule has 0 saturated carbocycles. The van der Waals surface area contributed by atoms with Crippen molar-refractivity contribution >= 4 is 11.6 Å². The molecule has 4 heteroatoms. The highest BCUT2D eigenvalue weighted by Crippen LogP contribution is 2.21. The quantitative estimate of drug-likeness (QED) is 0.837.